The zero-order valence-corrected chi connectivity index (χ0v) is 20.5. The van der Waals surface area contributed by atoms with Crippen LogP contribution in [-0.2, 0) is 19.5 Å². The molecule has 0 atom stereocenters. The van der Waals surface area contributed by atoms with Gasteiger partial charge in [-0.3, -0.25) is 9.97 Å². The molecule has 2 heterocycles. The molecule has 0 aliphatic rings. The van der Waals surface area contributed by atoms with Crippen molar-refractivity contribution in [1.82, 2.24) is 15.1 Å². The fourth-order valence-electron chi connectivity index (χ4n) is 3.48. The predicted molar refractivity (Wildman–Crippen MR) is 131 cm³/mol. The van der Waals surface area contributed by atoms with E-state index >= 15 is 0 Å². The number of benzene rings is 2. The maximum Gasteiger partial charge on any atom is 0.269 e. The molecule has 0 aliphatic carbocycles. The second kappa shape index (κ2) is 10.8. The fraction of sp³-hybridized carbons (Fsp3) is 0.240. The second-order valence-corrected chi connectivity index (χ2v) is 9.58. The van der Waals surface area contributed by atoms with Crippen molar-refractivity contribution >= 4 is 15.9 Å². The van der Waals surface area contributed by atoms with E-state index in [4.69, 9.17) is 14.0 Å². The summed E-state index contributed by atoms with van der Waals surface area (Å²) in [5, 5.41) is 3.94. The molecule has 9 nitrogen and oxygen atoms in total. The van der Waals surface area contributed by atoms with E-state index in [1.54, 1.807) is 63.8 Å². The molecule has 0 bridgehead atoms. The van der Waals surface area contributed by atoms with Crippen LogP contribution >= 0.6 is 0 Å². The molecule has 35 heavy (non-hydrogen) atoms. The van der Waals surface area contributed by atoms with Gasteiger partial charge in [0.25, 0.3) is 10.0 Å². The number of sulfonamides is 1. The SMILES string of the molecule is COCCOCN(c1onc(C)c1C)S(=O)(=O)c1ccccc1-c1ccc(-c2cnccn2)cc1. The van der Waals surface area contributed by atoms with Crippen LogP contribution < -0.4 is 4.31 Å². The molecule has 0 fully saturated rings. The van der Waals surface area contributed by atoms with Crippen molar-refractivity contribution in [1.29, 1.82) is 0 Å². The highest BCUT2D eigenvalue weighted by Gasteiger charge is 2.32. The zero-order chi connectivity index (χ0) is 24.8. The van der Waals surface area contributed by atoms with Gasteiger partial charge < -0.3 is 14.0 Å². The first-order chi connectivity index (χ1) is 16.9. The summed E-state index contributed by atoms with van der Waals surface area (Å²) in [5.41, 5.74) is 4.12. The van der Waals surface area contributed by atoms with Crippen LogP contribution in [0.5, 0.6) is 0 Å². The van der Waals surface area contributed by atoms with E-state index in [1.807, 2.05) is 24.3 Å². The lowest BCUT2D eigenvalue weighted by molar-refractivity contribution is 0.0744. The van der Waals surface area contributed by atoms with Crippen LogP contribution in [0.2, 0.25) is 0 Å². The minimum Gasteiger partial charge on any atom is -0.382 e. The van der Waals surface area contributed by atoms with Gasteiger partial charge in [-0.15, -0.1) is 0 Å². The van der Waals surface area contributed by atoms with Gasteiger partial charge in [0.05, 0.1) is 35.7 Å². The standard InChI is InChI=1S/C25H26N4O5S/c1-18-19(2)28-34-25(18)29(17-33-15-14-32-3)35(30,31)24-7-5-4-6-22(24)20-8-10-21(11-9-20)23-16-26-12-13-27-23/h4-13,16H,14-15,17H2,1-3H3. The monoisotopic (exact) mass is 494 g/mol. The molecular formula is C25H26N4O5S. The smallest absolute Gasteiger partial charge is 0.269 e. The minimum atomic E-state index is -4.08. The Labute approximate surface area is 204 Å². The molecule has 10 heteroatoms. The molecule has 2 aromatic heterocycles. The van der Waals surface area contributed by atoms with Crippen LogP contribution in [0.3, 0.4) is 0 Å². The van der Waals surface area contributed by atoms with E-state index in [2.05, 4.69) is 15.1 Å². The van der Waals surface area contributed by atoms with E-state index in [0.29, 0.717) is 23.4 Å². The lowest BCUT2D eigenvalue weighted by atomic mass is 10.0. The highest BCUT2D eigenvalue weighted by Crippen LogP contribution is 2.34. The summed E-state index contributed by atoms with van der Waals surface area (Å²) >= 11 is 0. The number of aromatic nitrogens is 3. The molecule has 2 aromatic carbocycles. The summed E-state index contributed by atoms with van der Waals surface area (Å²) in [6.45, 7) is 3.82. The molecule has 0 unspecified atom stereocenters. The Morgan fingerprint density at radius 2 is 1.71 bits per heavy atom. The number of nitrogens with zero attached hydrogens (tertiary/aromatic N) is 4. The average molecular weight is 495 g/mol. The summed E-state index contributed by atoms with van der Waals surface area (Å²) in [4.78, 5) is 8.53. The van der Waals surface area contributed by atoms with Crippen molar-refractivity contribution in [3.8, 4) is 22.4 Å². The molecule has 0 spiro atoms. The van der Waals surface area contributed by atoms with Gasteiger partial charge in [-0.2, -0.15) is 0 Å². The fourth-order valence-corrected chi connectivity index (χ4v) is 5.03. The van der Waals surface area contributed by atoms with E-state index < -0.39 is 10.0 Å². The van der Waals surface area contributed by atoms with Crippen LogP contribution in [0.1, 0.15) is 11.3 Å². The van der Waals surface area contributed by atoms with Gasteiger partial charge in [0.2, 0.25) is 5.88 Å². The lowest BCUT2D eigenvalue weighted by Gasteiger charge is -2.23. The third-order valence-electron chi connectivity index (χ3n) is 5.51. The average Bonchev–Trinajstić information content (AvgIpc) is 3.22. The predicted octanol–water partition coefficient (Wildman–Crippen LogP) is 4.23. The van der Waals surface area contributed by atoms with Crippen molar-refractivity contribution in [2.24, 2.45) is 0 Å². The Morgan fingerprint density at radius 1 is 0.971 bits per heavy atom. The van der Waals surface area contributed by atoms with Gasteiger partial charge >= 0.3 is 0 Å². The first-order valence-electron chi connectivity index (χ1n) is 10.9. The number of aryl methyl sites for hydroxylation is 1. The minimum absolute atomic E-state index is 0.118. The van der Waals surface area contributed by atoms with E-state index in [-0.39, 0.29) is 24.1 Å². The van der Waals surface area contributed by atoms with Crippen molar-refractivity contribution in [2.75, 3.05) is 31.4 Å². The Kier molecular flexibility index (Phi) is 7.54. The highest BCUT2D eigenvalue weighted by atomic mass is 32.2. The zero-order valence-electron chi connectivity index (χ0n) is 19.7. The number of hydrogen-bond acceptors (Lipinski definition) is 8. The van der Waals surface area contributed by atoms with Gasteiger partial charge in [0, 0.05) is 36.2 Å². The molecule has 0 saturated heterocycles. The van der Waals surface area contributed by atoms with Gasteiger partial charge in [-0.05, 0) is 25.5 Å². The third kappa shape index (κ3) is 5.24. The van der Waals surface area contributed by atoms with E-state index in [9.17, 15) is 8.42 Å². The van der Waals surface area contributed by atoms with Gasteiger partial charge in [-0.25, -0.2) is 12.7 Å². The first kappa shape index (κ1) is 24.5. The summed E-state index contributed by atoms with van der Waals surface area (Å²) in [5.74, 6) is 0.118. The summed E-state index contributed by atoms with van der Waals surface area (Å²) in [6, 6.07) is 14.3. The van der Waals surface area contributed by atoms with Crippen molar-refractivity contribution in [3.05, 3.63) is 78.4 Å². The maximum absolute atomic E-state index is 13.9. The third-order valence-corrected chi connectivity index (χ3v) is 7.27. The Morgan fingerprint density at radius 3 is 2.37 bits per heavy atom. The van der Waals surface area contributed by atoms with Gasteiger partial charge in [0.15, 0.2) is 0 Å². The molecule has 182 valence electrons. The van der Waals surface area contributed by atoms with Crippen molar-refractivity contribution < 1.29 is 22.4 Å². The normalized spacial score (nSPS) is 11.5. The number of anilines is 1. The Hall–Kier alpha value is -3.60. The first-order valence-corrected chi connectivity index (χ1v) is 12.4. The summed E-state index contributed by atoms with van der Waals surface area (Å²) in [6.07, 6.45) is 4.92. The molecular weight excluding hydrogens is 468 g/mol. The van der Waals surface area contributed by atoms with Gasteiger partial charge in [-0.1, -0.05) is 47.6 Å². The number of hydrogen-bond donors (Lipinski definition) is 0. The number of ether oxygens (including phenoxy) is 2. The Bertz CT molecular complexity index is 1370. The van der Waals surface area contributed by atoms with Crippen molar-refractivity contribution in [3.63, 3.8) is 0 Å². The van der Waals surface area contributed by atoms with Crippen LogP contribution in [0.25, 0.3) is 22.4 Å². The Balaban J connectivity index is 1.73. The van der Waals surface area contributed by atoms with Gasteiger partial charge in [0.1, 0.15) is 6.73 Å². The largest absolute Gasteiger partial charge is 0.382 e. The summed E-state index contributed by atoms with van der Waals surface area (Å²) in [7, 11) is -2.53. The van der Waals surface area contributed by atoms with Crippen LogP contribution in [0.4, 0.5) is 5.88 Å². The molecule has 0 amide bonds. The molecule has 0 aliphatic heterocycles. The topological polar surface area (TPSA) is 108 Å². The lowest BCUT2D eigenvalue weighted by Crippen LogP contribution is -2.34. The molecule has 4 rings (SSSR count). The summed E-state index contributed by atoms with van der Waals surface area (Å²) < 4.78 is 45.0. The van der Waals surface area contributed by atoms with Crippen molar-refractivity contribution in [2.45, 2.75) is 18.7 Å². The number of rotatable bonds is 10. The van der Waals surface area contributed by atoms with Crippen LogP contribution in [-0.4, -0.2) is 50.6 Å². The van der Waals surface area contributed by atoms with Crippen LogP contribution in [0.15, 0.2) is 76.5 Å². The molecule has 0 N–H and O–H groups in total. The molecule has 0 saturated carbocycles. The van der Waals surface area contributed by atoms with Crippen LogP contribution in [0, 0.1) is 13.8 Å². The van der Waals surface area contributed by atoms with E-state index in [1.165, 1.54) is 0 Å². The second-order valence-electron chi connectivity index (χ2n) is 7.75. The highest BCUT2D eigenvalue weighted by molar-refractivity contribution is 7.93. The number of methoxy groups -OCH3 is 1. The molecule has 0 radical (unpaired) electrons. The quantitative estimate of drug-likeness (QED) is 0.238. The van der Waals surface area contributed by atoms with E-state index in [0.717, 1.165) is 21.1 Å². The molecule has 4 aromatic rings. The maximum atomic E-state index is 13.9.